The molecule has 1 atom stereocenters. The van der Waals surface area contributed by atoms with E-state index in [1.165, 1.54) is 0 Å². The molecule has 1 aromatic rings. The van der Waals surface area contributed by atoms with Crippen LogP contribution in [-0.2, 0) is 0 Å². The van der Waals surface area contributed by atoms with E-state index in [2.05, 4.69) is 5.32 Å². The fourth-order valence-electron chi connectivity index (χ4n) is 2.41. The van der Waals surface area contributed by atoms with Crippen molar-refractivity contribution >= 4 is 0 Å². The molecule has 0 fully saturated rings. The molecule has 1 unspecified atom stereocenters. The number of hydrogen-bond donors (Lipinski definition) is 2. The summed E-state index contributed by atoms with van der Waals surface area (Å²) in [7, 11) is 1.85. The Bertz CT molecular complexity index is 437. The molecular formula is C14H21NO3. The van der Waals surface area contributed by atoms with E-state index < -0.39 is 5.60 Å². The van der Waals surface area contributed by atoms with Crippen LogP contribution in [0.15, 0.2) is 12.1 Å². The Morgan fingerprint density at radius 1 is 1.22 bits per heavy atom. The zero-order valence-corrected chi connectivity index (χ0v) is 11.4. The maximum atomic E-state index is 10.2. The van der Waals surface area contributed by atoms with Crippen molar-refractivity contribution in [2.75, 3.05) is 20.3 Å². The fraction of sp³-hybridized carbons (Fsp3) is 0.571. The summed E-state index contributed by atoms with van der Waals surface area (Å²) in [5, 5.41) is 13.4. The van der Waals surface area contributed by atoms with E-state index in [4.69, 9.17) is 9.47 Å². The molecule has 4 nitrogen and oxygen atoms in total. The van der Waals surface area contributed by atoms with Crippen molar-refractivity contribution < 1.29 is 14.6 Å². The number of rotatable bonds is 3. The van der Waals surface area contributed by atoms with Crippen LogP contribution < -0.4 is 14.8 Å². The van der Waals surface area contributed by atoms with E-state index in [9.17, 15) is 5.11 Å². The van der Waals surface area contributed by atoms with Crippen LogP contribution in [0.2, 0.25) is 0 Å². The SMILES string of the molecule is CNC(c1cc2c(cc1C)OCCO2)C(C)(C)O. The average Bonchev–Trinajstić information content (AvgIpc) is 2.29. The van der Waals surface area contributed by atoms with Gasteiger partial charge in [-0.1, -0.05) is 0 Å². The molecule has 1 aliphatic heterocycles. The van der Waals surface area contributed by atoms with Crippen LogP contribution in [0.1, 0.15) is 31.0 Å². The molecule has 0 aromatic heterocycles. The lowest BCUT2D eigenvalue weighted by atomic mass is 9.89. The molecule has 1 aliphatic rings. The van der Waals surface area contributed by atoms with E-state index in [0.717, 1.165) is 22.6 Å². The van der Waals surface area contributed by atoms with Crippen LogP contribution in [0.5, 0.6) is 11.5 Å². The van der Waals surface area contributed by atoms with Crippen LogP contribution >= 0.6 is 0 Å². The summed E-state index contributed by atoms with van der Waals surface area (Å²) >= 11 is 0. The van der Waals surface area contributed by atoms with Crippen molar-refractivity contribution in [3.63, 3.8) is 0 Å². The summed E-state index contributed by atoms with van der Waals surface area (Å²) in [6.45, 7) is 6.77. The zero-order chi connectivity index (χ0) is 13.3. The Kier molecular flexibility index (Phi) is 3.50. The molecule has 2 rings (SSSR count). The van der Waals surface area contributed by atoms with Crippen molar-refractivity contribution in [2.45, 2.75) is 32.4 Å². The Morgan fingerprint density at radius 2 is 1.78 bits per heavy atom. The number of benzene rings is 1. The molecule has 2 N–H and O–H groups in total. The molecule has 0 saturated carbocycles. The van der Waals surface area contributed by atoms with E-state index in [1.54, 1.807) is 13.8 Å². The van der Waals surface area contributed by atoms with Crippen LogP contribution in [0, 0.1) is 6.92 Å². The summed E-state index contributed by atoms with van der Waals surface area (Å²) in [5.74, 6) is 1.54. The molecule has 4 heteroatoms. The van der Waals surface area contributed by atoms with Gasteiger partial charge in [0.2, 0.25) is 0 Å². The third-order valence-corrected chi connectivity index (χ3v) is 3.24. The highest BCUT2D eigenvalue weighted by atomic mass is 16.6. The lowest BCUT2D eigenvalue weighted by molar-refractivity contribution is 0.0396. The summed E-state index contributed by atoms with van der Waals surface area (Å²) < 4.78 is 11.1. The first kappa shape index (κ1) is 13.2. The number of ether oxygens (including phenoxy) is 2. The van der Waals surface area contributed by atoms with E-state index in [-0.39, 0.29) is 6.04 Å². The third-order valence-electron chi connectivity index (χ3n) is 3.24. The lowest BCUT2D eigenvalue weighted by Crippen LogP contribution is -2.37. The molecule has 0 bridgehead atoms. The quantitative estimate of drug-likeness (QED) is 0.860. The van der Waals surface area contributed by atoms with Gasteiger partial charge in [0.15, 0.2) is 11.5 Å². The number of fused-ring (bicyclic) bond motifs is 1. The first-order chi connectivity index (χ1) is 8.43. The fourth-order valence-corrected chi connectivity index (χ4v) is 2.41. The number of nitrogens with one attached hydrogen (secondary N) is 1. The van der Waals surface area contributed by atoms with E-state index >= 15 is 0 Å². The Hall–Kier alpha value is -1.26. The molecule has 0 saturated heterocycles. The van der Waals surface area contributed by atoms with Gasteiger partial charge in [0.1, 0.15) is 13.2 Å². The number of hydrogen-bond acceptors (Lipinski definition) is 4. The third kappa shape index (κ3) is 2.44. The molecule has 0 aliphatic carbocycles. The average molecular weight is 251 g/mol. The van der Waals surface area contributed by atoms with E-state index in [1.807, 2.05) is 26.1 Å². The molecule has 1 heterocycles. The second-order valence-electron chi connectivity index (χ2n) is 5.23. The normalized spacial score (nSPS) is 16.5. The molecule has 18 heavy (non-hydrogen) atoms. The van der Waals surface area contributed by atoms with Gasteiger partial charge in [-0.25, -0.2) is 0 Å². The minimum Gasteiger partial charge on any atom is -0.486 e. The van der Waals surface area contributed by atoms with Gasteiger partial charge in [-0.3, -0.25) is 0 Å². The van der Waals surface area contributed by atoms with Crippen molar-refractivity contribution in [3.8, 4) is 11.5 Å². The van der Waals surface area contributed by atoms with Gasteiger partial charge in [-0.2, -0.15) is 0 Å². The smallest absolute Gasteiger partial charge is 0.161 e. The molecule has 0 spiro atoms. The Labute approximate surface area is 108 Å². The molecule has 0 radical (unpaired) electrons. The van der Waals surface area contributed by atoms with Crippen LogP contribution in [0.4, 0.5) is 0 Å². The monoisotopic (exact) mass is 251 g/mol. The second-order valence-corrected chi connectivity index (χ2v) is 5.23. The topological polar surface area (TPSA) is 50.7 Å². The predicted molar refractivity (Wildman–Crippen MR) is 70.3 cm³/mol. The highest BCUT2D eigenvalue weighted by Crippen LogP contribution is 2.37. The molecule has 1 aromatic carbocycles. The van der Waals surface area contributed by atoms with Gasteiger partial charge < -0.3 is 19.9 Å². The summed E-state index contributed by atoms with van der Waals surface area (Å²) in [4.78, 5) is 0. The first-order valence-electron chi connectivity index (χ1n) is 6.23. The van der Waals surface area contributed by atoms with Gasteiger partial charge in [0, 0.05) is 0 Å². The standard InChI is InChI=1S/C14H21NO3/c1-9-7-11-12(18-6-5-17-11)8-10(9)13(15-4)14(2,3)16/h7-8,13,15-16H,5-6H2,1-4H3. The van der Waals surface area contributed by atoms with Crippen molar-refractivity contribution in [3.05, 3.63) is 23.3 Å². The van der Waals surface area contributed by atoms with E-state index in [0.29, 0.717) is 13.2 Å². The maximum absolute atomic E-state index is 10.2. The maximum Gasteiger partial charge on any atom is 0.161 e. The lowest BCUT2D eigenvalue weighted by Gasteiger charge is -2.31. The van der Waals surface area contributed by atoms with Crippen molar-refractivity contribution in [1.82, 2.24) is 5.32 Å². The summed E-state index contributed by atoms with van der Waals surface area (Å²) in [6.07, 6.45) is 0. The molecule has 0 amide bonds. The Balaban J connectivity index is 2.44. The number of aliphatic hydroxyl groups is 1. The van der Waals surface area contributed by atoms with Gasteiger partial charge in [0.25, 0.3) is 0 Å². The van der Waals surface area contributed by atoms with Gasteiger partial charge >= 0.3 is 0 Å². The van der Waals surface area contributed by atoms with Crippen molar-refractivity contribution in [1.29, 1.82) is 0 Å². The highest BCUT2D eigenvalue weighted by molar-refractivity contribution is 5.49. The van der Waals surface area contributed by atoms with Crippen molar-refractivity contribution in [2.24, 2.45) is 0 Å². The van der Waals surface area contributed by atoms with Crippen LogP contribution in [0.25, 0.3) is 0 Å². The summed E-state index contributed by atoms with van der Waals surface area (Å²) in [6, 6.07) is 3.79. The van der Waals surface area contributed by atoms with Crippen LogP contribution in [0.3, 0.4) is 0 Å². The van der Waals surface area contributed by atoms with Gasteiger partial charge in [-0.15, -0.1) is 0 Å². The number of aryl methyl sites for hydroxylation is 1. The van der Waals surface area contributed by atoms with Gasteiger partial charge in [0.05, 0.1) is 11.6 Å². The Morgan fingerprint density at radius 3 is 2.28 bits per heavy atom. The minimum absolute atomic E-state index is 0.145. The zero-order valence-electron chi connectivity index (χ0n) is 11.4. The predicted octanol–water partition coefficient (Wildman–Crippen LogP) is 1.80. The van der Waals surface area contributed by atoms with Crippen LogP contribution in [-0.4, -0.2) is 31.0 Å². The number of likely N-dealkylation sites (N-methyl/N-ethyl adjacent to an activating group) is 1. The highest BCUT2D eigenvalue weighted by Gasteiger charge is 2.29. The second kappa shape index (κ2) is 4.78. The minimum atomic E-state index is -0.844. The van der Waals surface area contributed by atoms with Gasteiger partial charge in [-0.05, 0) is 51.1 Å². The summed E-state index contributed by atoms with van der Waals surface area (Å²) in [5.41, 5.74) is 1.28. The largest absolute Gasteiger partial charge is 0.486 e. The molecule has 100 valence electrons. The molecular weight excluding hydrogens is 230 g/mol. The first-order valence-corrected chi connectivity index (χ1v) is 6.23.